The molecule has 0 spiro atoms. The molecule has 0 atom stereocenters. The molecule has 0 fully saturated rings. The summed E-state index contributed by atoms with van der Waals surface area (Å²) in [4.78, 5) is 0. The van der Waals surface area contributed by atoms with Gasteiger partial charge in [0.15, 0.2) is 0 Å². The molecule has 1 heteroatoms. The van der Waals surface area contributed by atoms with E-state index in [1.807, 2.05) is 12.2 Å². The van der Waals surface area contributed by atoms with E-state index < -0.39 is 0 Å². The van der Waals surface area contributed by atoms with Crippen molar-refractivity contribution in [3.05, 3.63) is 83.9 Å². The highest BCUT2D eigenvalue weighted by molar-refractivity contribution is 5.48. The summed E-state index contributed by atoms with van der Waals surface area (Å²) in [5.74, 6) is 0. The third kappa shape index (κ3) is 6.25. The summed E-state index contributed by atoms with van der Waals surface area (Å²) in [6, 6.07) is 17.1. The van der Waals surface area contributed by atoms with E-state index in [9.17, 15) is 0 Å². The molecule has 0 aromatic heterocycles. The maximum atomic E-state index is 5.75. The number of benzene rings is 2. The molecule has 2 aromatic carbocycles. The fraction of sp³-hybridized carbons (Fsp3) is 0.273. The molecule has 0 radical (unpaired) electrons. The van der Waals surface area contributed by atoms with Crippen LogP contribution in [-0.4, -0.2) is 13.2 Å². The minimum atomic E-state index is 0.824. The molecule has 0 aliphatic rings. The van der Waals surface area contributed by atoms with E-state index in [1.54, 1.807) is 0 Å². The van der Waals surface area contributed by atoms with Crippen LogP contribution < -0.4 is 0 Å². The van der Waals surface area contributed by atoms with Gasteiger partial charge < -0.3 is 4.74 Å². The summed E-state index contributed by atoms with van der Waals surface area (Å²) < 4.78 is 5.75. The summed E-state index contributed by atoms with van der Waals surface area (Å²) in [5, 5.41) is 0. The first-order chi connectivity index (χ1) is 11.3. The minimum absolute atomic E-state index is 0.824. The molecule has 0 unspecified atom stereocenters. The van der Waals surface area contributed by atoms with Crippen LogP contribution in [0, 0.1) is 0 Å². The van der Waals surface area contributed by atoms with Crippen LogP contribution in [0.1, 0.15) is 35.1 Å². The molecule has 0 N–H and O–H groups in total. The molecule has 0 bridgehead atoms. The topological polar surface area (TPSA) is 9.23 Å². The third-order valence-corrected chi connectivity index (χ3v) is 3.88. The Bertz CT molecular complexity index is 572. The Hall–Kier alpha value is -2.12. The summed E-state index contributed by atoms with van der Waals surface area (Å²) in [6.45, 7) is 9.26. The van der Waals surface area contributed by atoms with Gasteiger partial charge in [0, 0.05) is 13.2 Å². The second-order valence-corrected chi connectivity index (χ2v) is 5.72. The zero-order chi connectivity index (χ0) is 16.3. The van der Waals surface area contributed by atoms with Gasteiger partial charge in [-0.05, 0) is 47.9 Å². The number of aryl methyl sites for hydroxylation is 2. The Labute approximate surface area is 140 Å². The van der Waals surface area contributed by atoms with Crippen molar-refractivity contribution in [2.75, 3.05) is 13.2 Å². The van der Waals surface area contributed by atoms with Gasteiger partial charge in [-0.15, -0.1) is 0 Å². The standard InChI is InChI=1S/C22H26O/c1-3-19-9-5-11-21(17-19)13-7-15-23-16-8-14-22-12-6-10-20(4-2)18-22/h3-6,9-12,17-18H,1-2,7-8,13-16H2. The Balaban J connectivity index is 1.58. The zero-order valence-electron chi connectivity index (χ0n) is 13.8. The summed E-state index contributed by atoms with van der Waals surface area (Å²) in [7, 11) is 0. The smallest absolute Gasteiger partial charge is 0.0469 e. The summed E-state index contributed by atoms with van der Waals surface area (Å²) in [6.07, 6.45) is 8.02. The lowest BCUT2D eigenvalue weighted by Gasteiger charge is -2.06. The summed E-state index contributed by atoms with van der Waals surface area (Å²) >= 11 is 0. The van der Waals surface area contributed by atoms with E-state index in [1.165, 1.54) is 22.3 Å². The molecule has 0 aliphatic heterocycles. The van der Waals surface area contributed by atoms with Crippen molar-refractivity contribution in [3.8, 4) is 0 Å². The van der Waals surface area contributed by atoms with Gasteiger partial charge in [-0.1, -0.05) is 73.8 Å². The van der Waals surface area contributed by atoms with Crippen LogP contribution in [0.3, 0.4) is 0 Å². The minimum Gasteiger partial charge on any atom is -0.381 e. The van der Waals surface area contributed by atoms with Crippen molar-refractivity contribution in [1.29, 1.82) is 0 Å². The maximum absolute atomic E-state index is 5.75. The molecule has 120 valence electrons. The number of rotatable bonds is 10. The largest absolute Gasteiger partial charge is 0.381 e. The molecule has 0 aliphatic carbocycles. The van der Waals surface area contributed by atoms with Crippen LogP contribution in [0.2, 0.25) is 0 Å². The lowest BCUT2D eigenvalue weighted by atomic mass is 10.1. The Morgan fingerprint density at radius 3 is 1.65 bits per heavy atom. The molecule has 0 saturated heterocycles. The molecular formula is C22H26O. The van der Waals surface area contributed by atoms with Gasteiger partial charge in [0.05, 0.1) is 0 Å². The molecule has 1 nitrogen and oxygen atoms in total. The van der Waals surface area contributed by atoms with Gasteiger partial charge in [0.1, 0.15) is 0 Å². The van der Waals surface area contributed by atoms with E-state index in [4.69, 9.17) is 4.74 Å². The highest BCUT2D eigenvalue weighted by atomic mass is 16.5. The van der Waals surface area contributed by atoms with Gasteiger partial charge >= 0.3 is 0 Å². The van der Waals surface area contributed by atoms with Crippen molar-refractivity contribution in [2.24, 2.45) is 0 Å². The Morgan fingerprint density at radius 1 is 0.739 bits per heavy atom. The monoisotopic (exact) mass is 306 g/mol. The van der Waals surface area contributed by atoms with Crippen LogP contribution in [0.25, 0.3) is 12.2 Å². The van der Waals surface area contributed by atoms with E-state index in [0.29, 0.717) is 0 Å². The van der Waals surface area contributed by atoms with E-state index in [0.717, 1.165) is 38.9 Å². The van der Waals surface area contributed by atoms with Crippen LogP contribution in [0.4, 0.5) is 0 Å². The highest BCUT2D eigenvalue weighted by Crippen LogP contribution is 2.10. The van der Waals surface area contributed by atoms with E-state index >= 15 is 0 Å². The van der Waals surface area contributed by atoms with E-state index in [-0.39, 0.29) is 0 Å². The molecule has 2 rings (SSSR count). The second kappa shape index (κ2) is 9.81. The van der Waals surface area contributed by atoms with Crippen molar-refractivity contribution >= 4 is 12.2 Å². The lowest BCUT2D eigenvalue weighted by Crippen LogP contribution is -2.00. The van der Waals surface area contributed by atoms with Crippen LogP contribution >= 0.6 is 0 Å². The molecule has 23 heavy (non-hydrogen) atoms. The van der Waals surface area contributed by atoms with Gasteiger partial charge in [-0.3, -0.25) is 0 Å². The summed E-state index contributed by atoms with van der Waals surface area (Å²) in [5.41, 5.74) is 5.08. The fourth-order valence-corrected chi connectivity index (χ4v) is 2.61. The first-order valence-electron chi connectivity index (χ1n) is 8.32. The first-order valence-corrected chi connectivity index (χ1v) is 8.32. The Morgan fingerprint density at radius 2 is 1.22 bits per heavy atom. The van der Waals surface area contributed by atoms with E-state index in [2.05, 4.69) is 61.7 Å². The van der Waals surface area contributed by atoms with Crippen molar-refractivity contribution in [3.63, 3.8) is 0 Å². The fourth-order valence-electron chi connectivity index (χ4n) is 2.61. The van der Waals surface area contributed by atoms with Crippen LogP contribution in [-0.2, 0) is 17.6 Å². The number of ether oxygens (including phenoxy) is 1. The van der Waals surface area contributed by atoms with Crippen molar-refractivity contribution in [1.82, 2.24) is 0 Å². The maximum Gasteiger partial charge on any atom is 0.0469 e. The molecular weight excluding hydrogens is 280 g/mol. The molecule has 0 saturated carbocycles. The quantitative estimate of drug-likeness (QED) is 0.523. The van der Waals surface area contributed by atoms with Crippen molar-refractivity contribution < 1.29 is 4.74 Å². The van der Waals surface area contributed by atoms with Gasteiger partial charge in [-0.25, -0.2) is 0 Å². The average molecular weight is 306 g/mol. The normalized spacial score (nSPS) is 10.4. The second-order valence-electron chi connectivity index (χ2n) is 5.72. The Kier molecular flexibility index (Phi) is 7.35. The van der Waals surface area contributed by atoms with Crippen molar-refractivity contribution in [2.45, 2.75) is 25.7 Å². The first kappa shape index (κ1) is 17.2. The van der Waals surface area contributed by atoms with Gasteiger partial charge in [0.2, 0.25) is 0 Å². The average Bonchev–Trinajstić information content (AvgIpc) is 2.61. The van der Waals surface area contributed by atoms with Gasteiger partial charge in [-0.2, -0.15) is 0 Å². The zero-order valence-corrected chi connectivity index (χ0v) is 13.8. The SMILES string of the molecule is C=Cc1cccc(CCCOCCCc2cccc(C=C)c2)c1. The van der Waals surface area contributed by atoms with Gasteiger partial charge in [0.25, 0.3) is 0 Å². The number of hydrogen-bond donors (Lipinski definition) is 0. The molecule has 0 amide bonds. The predicted octanol–water partition coefficient (Wildman–Crippen LogP) is 5.55. The lowest BCUT2D eigenvalue weighted by molar-refractivity contribution is 0.130. The van der Waals surface area contributed by atoms with Crippen LogP contribution in [0.5, 0.6) is 0 Å². The van der Waals surface area contributed by atoms with Crippen LogP contribution in [0.15, 0.2) is 61.7 Å². The third-order valence-electron chi connectivity index (χ3n) is 3.88. The highest BCUT2D eigenvalue weighted by Gasteiger charge is 1.97. The predicted molar refractivity (Wildman–Crippen MR) is 101 cm³/mol. The molecule has 2 aromatic rings. The number of hydrogen-bond acceptors (Lipinski definition) is 1. The molecule has 0 heterocycles.